The van der Waals surface area contributed by atoms with Gasteiger partial charge < -0.3 is 115 Å². The zero-order valence-electron chi connectivity index (χ0n) is 40.4. The van der Waals surface area contributed by atoms with E-state index in [1.54, 1.807) is 0 Å². The predicted octanol–water partition coefficient (Wildman–Crippen LogP) is -6.46. The first-order valence-electron chi connectivity index (χ1n) is 23.9. The number of carboxylic acid groups (broad SMARTS) is 1. The molecule has 0 bridgehead atoms. The average molecular weight is 1050 g/mol. The number of aliphatic carboxylic acids is 1. The van der Waals surface area contributed by atoms with E-state index in [9.17, 15) is 69.9 Å². The Bertz CT molecular complexity index is 1650. The highest BCUT2D eigenvalue weighted by Gasteiger charge is 2.54. The number of hydrogen-bond acceptors (Lipinski definition) is 25. The van der Waals surface area contributed by atoms with E-state index in [1.165, 1.54) is 6.92 Å². The molecule has 0 aromatic rings. The van der Waals surface area contributed by atoms with Gasteiger partial charge in [0.15, 0.2) is 18.9 Å². The molecule has 0 saturated carbocycles. The van der Waals surface area contributed by atoms with Crippen LogP contribution in [0.25, 0.3) is 0 Å². The fourth-order valence-corrected chi connectivity index (χ4v) is 7.65. The van der Waals surface area contributed by atoms with E-state index >= 15 is 0 Å². The Morgan fingerprint density at radius 2 is 1.29 bits per heavy atom. The number of carbonyl (C=O) groups is 5. The van der Waals surface area contributed by atoms with Crippen molar-refractivity contribution < 1.29 is 118 Å². The molecule has 0 spiro atoms. The summed E-state index contributed by atoms with van der Waals surface area (Å²) in [5, 5.41) is 112. The Balaban J connectivity index is 1.70. The van der Waals surface area contributed by atoms with Crippen molar-refractivity contribution in [3.8, 4) is 0 Å². The first kappa shape index (κ1) is 62.8. The number of ether oxygens (including phenoxy) is 9. The number of Topliss-reactive ketones (excluding diaryl/α,β-unsaturated/α-hetero) is 1. The number of aliphatic hydroxyl groups excluding tert-OH is 9. The minimum atomic E-state index is -1.89. The van der Waals surface area contributed by atoms with Crippen molar-refractivity contribution in [2.24, 2.45) is 5.73 Å². The lowest BCUT2D eigenvalue weighted by Gasteiger charge is -2.50. The van der Waals surface area contributed by atoms with Gasteiger partial charge in [0, 0.05) is 57.4 Å². The lowest BCUT2D eigenvalue weighted by molar-refractivity contribution is -0.352. The Labute approximate surface area is 415 Å². The minimum absolute atomic E-state index is 0.0000423. The van der Waals surface area contributed by atoms with Crippen LogP contribution in [0.15, 0.2) is 12.2 Å². The standard InChI is InChI=1S/C44H76N4O24/c1-23(2)41(62)67-21-25(53)18-47-33-37(60)35(58)26(19-50)69-43(33)72-40-28(22-66-15-12-49)70-44(71-39-27(20-51)68-42(63)32(45)36(39)59)34(38(40)61)48-30(55)9-4-8-29(54)46-11-14-65-17-16-64-13-5-7-24(52)6-3-10-31(56)57/h25-28,32-40,42-44,47,49-51,53,58-61,63H,1,3-22,45H2,2H3,(H,46,54)(H,48,55)(H,56,57)/t25?,26?,27?,28?,32?,33-,34-,35+,36+,37?,38?,39+,40+,42+,43-,44-/m0/s1. The molecule has 0 radical (unpaired) electrons. The summed E-state index contributed by atoms with van der Waals surface area (Å²) >= 11 is 0. The zero-order valence-corrected chi connectivity index (χ0v) is 40.4. The average Bonchev–Trinajstić information content (AvgIpc) is 3.34. The molecular formula is C44H76N4O24. The Morgan fingerprint density at radius 3 is 1.94 bits per heavy atom. The summed E-state index contributed by atoms with van der Waals surface area (Å²) in [7, 11) is 0. The molecule has 3 saturated heterocycles. The maximum Gasteiger partial charge on any atom is 0.333 e. The van der Waals surface area contributed by atoms with Crippen LogP contribution < -0.4 is 21.7 Å². The Hall–Kier alpha value is -3.47. The second kappa shape index (κ2) is 33.4. The first-order valence-corrected chi connectivity index (χ1v) is 23.9. The van der Waals surface area contributed by atoms with Crippen LogP contribution in [0.4, 0.5) is 0 Å². The summed E-state index contributed by atoms with van der Waals surface area (Å²) < 4.78 is 51.1. The normalized spacial score (nSPS) is 31.1. The molecule has 28 heteroatoms. The molecule has 3 fully saturated rings. The molecule has 28 nitrogen and oxygen atoms in total. The van der Waals surface area contributed by atoms with Crippen molar-refractivity contribution in [2.75, 3.05) is 79.2 Å². The van der Waals surface area contributed by atoms with Crippen LogP contribution in [-0.2, 0) is 66.6 Å². The van der Waals surface area contributed by atoms with Crippen LogP contribution in [0.5, 0.6) is 0 Å². The van der Waals surface area contributed by atoms with Gasteiger partial charge in [0.1, 0.15) is 79.5 Å². The summed E-state index contributed by atoms with van der Waals surface area (Å²) in [5.74, 6) is -2.92. The third-order valence-corrected chi connectivity index (χ3v) is 11.6. The number of carboxylic acids is 1. The second-order valence-corrected chi connectivity index (χ2v) is 17.4. The monoisotopic (exact) mass is 1040 g/mol. The highest BCUT2D eigenvalue weighted by molar-refractivity contribution is 5.86. The number of esters is 1. The lowest BCUT2D eigenvalue weighted by atomic mass is 9.93. The molecule has 72 heavy (non-hydrogen) atoms. The molecule has 0 aliphatic carbocycles. The van der Waals surface area contributed by atoms with E-state index in [-0.39, 0.29) is 82.9 Å². The zero-order chi connectivity index (χ0) is 53.3. The summed E-state index contributed by atoms with van der Waals surface area (Å²) in [6.45, 7) is 2.23. The highest BCUT2D eigenvalue weighted by Crippen LogP contribution is 2.33. The van der Waals surface area contributed by atoms with Gasteiger partial charge in [-0.1, -0.05) is 6.58 Å². The van der Waals surface area contributed by atoms with Crippen molar-refractivity contribution in [1.29, 1.82) is 0 Å². The largest absolute Gasteiger partial charge is 0.481 e. The van der Waals surface area contributed by atoms with E-state index < -0.39 is 161 Å². The minimum Gasteiger partial charge on any atom is -0.481 e. The fraction of sp³-hybridized carbons (Fsp3) is 0.841. The summed E-state index contributed by atoms with van der Waals surface area (Å²) in [6.07, 6.45) is -20.3. The Kier molecular flexibility index (Phi) is 29.2. The van der Waals surface area contributed by atoms with Gasteiger partial charge >= 0.3 is 11.9 Å². The molecule has 3 rings (SSSR count). The van der Waals surface area contributed by atoms with E-state index in [4.69, 9.17) is 53.5 Å². The van der Waals surface area contributed by atoms with Crippen LogP contribution in [0, 0.1) is 0 Å². The fourth-order valence-electron chi connectivity index (χ4n) is 7.65. The topological polar surface area (TPSA) is 433 Å². The van der Waals surface area contributed by atoms with Gasteiger partial charge in [-0.25, -0.2) is 4.79 Å². The molecule has 3 aliphatic rings. The molecule has 3 heterocycles. The SMILES string of the molecule is C=C(C)C(=O)OCC(O)CN[C@H]1C(O)[C@H](O)C(CO)O[C@H]1O[C@@H]1C(COCCO)O[C@@H](O[C@@H]2C(CO)O[C@@H](O)C(N)[C@H]2O)[C@@H](NC(=O)CCCC(=O)NCCOCCOCCCC(=O)CCCC(=O)O)C1O. The van der Waals surface area contributed by atoms with Gasteiger partial charge in [-0.2, -0.15) is 0 Å². The van der Waals surface area contributed by atoms with Crippen molar-refractivity contribution >= 4 is 29.5 Å². The molecule has 15 N–H and O–H groups in total. The lowest BCUT2D eigenvalue weighted by Crippen LogP contribution is -2.70. The summed E-state index contributed by atoms with van der Waals surface area (Å²) in [6, 6.07) is -4.53. The van der Waals surface area contributed by atoms with Gasteiger partial charge in [0.05, 0.1) is 64.9 Å². The summed E-state index contributed by atoms with van der Waals surface area (Å²) in [4.78, 5) is 60.4. The third kappa shape index (κ3) is 21.0. The molecule has 416 valence electrons. The number of carbonyl (C=O) groups excluding carboxylic acids is 4. The van der Waals surface area contributed by atoms with Crippen molar-refractivity contribution in [2.45, 2.75) is 156 Å². The molecule has 16 atom stereocenters. The van der Waals surface area contributed by atoms with Crippen LogP contribution >= 0.6 is 0 Å². The van der Waals surface area contributed by atoms with E-state index in [0.717, 1.165) is 0 Å². The number of rotatable bonds is 35. The van der Waals surface area contributed by atoms with Crippen LogP contribution in [0.1, 0.15) is 58.3 Å². The van der Waals surface area contributed by atoms with E-state index in [1.807, 2.05) is 0 Å². The van der Waals surface area contributed by atoms with Crippen LogP contribution in [0.2, 0.25) is 0 Å². The van der Waals surface area contributed by atoms with Gasteiger partial charge in [0.25, 0.3) is 0 Å². The molecule has 0 aromatic heterocycles. The van der Waals surface area contributed by atoms with Crippen molar-refractivity contribution in [3.63, 3.8) is 0 Å². The molecule has 7 unspecified atom stereocenters. The van der Waals surface area contributed by atoms with E-state index in [0.29, 0.717) is 19.4 Å². The van der Waals surface area contributed by atoms with Crippen molar-refractivity contribution in [1.82, 2.24) is 16.0 Å². The smallest absolute Gasteiger partial charge is 0.333 e. The summed E-state index contributed by atoms with van der Waals surface area (Å²) in [5.41, 5.74) is 6.01. The van der Waals surface area contributed by atoms with Crippen LogP contribution in [0.3, 0.4) is 0 Å². The van der Waals surface area contributed by atoms with Gasteiger partial charge in [-0.15, -0.1) is 0 Å². The predicted molar refractivity (Wildman–Crippen MR) is 242 cm³/mol. The second-order valence-electron chi connectivity index (χ2n) is 17.4. The number of nitrogens with one attached hydrogen (secondary N) is 3. The maximum atomic E-state index is 13.6. The molecular weight excluding hydrogens is 968 g/mol. The number of aliphatic hydroxyl groups is 9. The van der Waals surface area contributed by atoms with Gasteiger partial charge in [-0.3, -0.25) is 19.2 Å². The highest BCUT2D eigenvalue weighted by atomic mass is 16.7. The first-order chi connectivity index (χ1) is 34.3. The van der Waals surface area contributed by atoms with Gasteiger partial charge in [0.2, 0.25) is 11.8 Å². The third-order valence-electron chi connectivity index (χ3n) is 11.6. The van der Waals surface area contributed by atoms with Crippen molar-refractivity contribution in [3.05, 3.63) is 12.2 Å². The number of hydrogen-bond donors (Lipinski definition) is 14. The maximum absolute atomic E-state index is 13.6. The van der Waals surface area contributed by atoms with E-state index in [2.05, 4.69) is 22.5 Å². The van der Waals surface area contributed by atoms with Gasteiger partial charge in [-0.05, 0) is 26.2 Å². The number of ketones is 1. The molecule has 0 aromatic carbocycles. The Morgan fingerprint density at radius 1 is 0.681 bits per heavy atom. The number of nitrogens with two attached hydrogens (primary N) is 1. The number of amides is 2. The molecule has 2 amide bonds. The quantitative estimate of drug-likeness (QED) is 0.0159. The van der Waals surface area contributed by atoms with Crippen LogP contribution in [-0.4, -0.2) is 258 Å². The molecule has 3 aliphatic heterocycles.